The van der Waals surface area contributed by atoms with Gasteiger partial charge in [0, 0.05) is 5.92 Å². The van der Waals surface area contributed by atoms with Crippen LogP contribution in [0, 0.1) is 16.7 Å². The standard InChI is InChI=1S/C10H16N2/c1-8(2)5-10(8)6-7(11-12-10)9(6,3)4/h6-7H,5H2,1-4H3/t6-,7+,10+/m1/s1. The van der Waals surface area contributed by atoms with Gasteiger partial charge in [-0.25, -0.2) is 0 Å². The van der Waals surface area contributed by atoms with E-state index >= 15 is 0 Å². The Bertz CT molecular complexity index is 288. The maximum atomic E-state index is 4.48. The van der Waals surface area contributed by atoms with Crippen LogP contribution in [0.1, 0.15) is 34.1 Å². The molecule has 0 amide bonds. The molecular weight excluding hydrogens is 148 g/mol. The molecule has 0 aromatic heterocycles. The summed E-state index contributed by atoms with van der Waals surface area (Å²) >= 11 is 0. The molecule has 0 aromatic carbocycles. The van der Waals surface area contributed by atoms with Crippen LogP contribution in [0.3, 0.4) is 0 Å². The molecule has 1 aliphatic heterocycles. The molecule has 3 aliphatic rings. The molecule has 12 heavy (non-hydrogen) atoms. The topological polar surface area (TPSA) is 24.7 Å². The van der Waals surface area contributed by atoms with Crippen molar-refractivity contribution in [3.63, 3.8) is 0 Å². The number of azo groups is 1. The van der Waals surface area contributed by atoms with Crippen LogP contribution in [0.4, 0.5) is 0 Å². The lowest BCUT2D eigenvalue weighted by molar-refractivity contribution is 0.383. The quantitative estimate of drug-likeness (QED) is 0.526. The Kier molecular flexibility index (Phi) is 0.811. The molecule has 0 aromatic rings. The van der Waals surface area contributed by atoms with Crippen LogP contribution in [-0.4, -0.2) is 11.6 Å². The smallest absolute Gasteiger partial charge is 0.0928 e. The first-order valence-corrected chi connectivity index (χ1v) is 4.84. The second-order valence-corrected chi connectivity index (χ2v) is 5.94. The van der Waals surface area contributed by atoms with Gasteiger partial charge in [0.1, 0.15) is 0 Å². The lowest BCUT2D eigenvalue weighted by Gasteiger charge is -2.14. The van der Waals surface area contributed by atoms with Crippen molar-refractivity contribution >= 4 is 0 Å². The average molecular weight is 164 g/mol. The van der Waals surface area contributed by atoms with Crippen molar-refractivity contribution in [2.45, 2.75) is 45.7 Å². The zero-order chi connectivity index (χ0) is 8.78. The van der Waals surface area contributed by atoms with Crippen LogP contribution in [0.2, 0.25) is 0 Å². The maximum Gasteiger partial charge on any atom is 0.0928 e. The average Bonchev–Trinajstić information content (AvgIpc) is 2.54. The van der Waals surface area contributed by atoms with E-state index in [1.807, 2.05) is 0 Å². The van der Waals surface area contributed by atoms with Crippen LogP contribution in [-0.2, 0) is 0 Å². The van der Waals surface area contributed by atoms with Crippen LogP contribution in [0.5, 0.6) is 0 Å². The van der Waals surface area contributed by atoms with Crippen molar-refractivity contribution in [2.75, 3.05) is 0 Å². The van der Waals surface area contributed by atoms with E-state index < -0.39 is 0 Å². The summed E-state index contributed by atoms with van der Waals surface area (Å²) in [6.07, 6.45) is 1.26. The lowest BCUT2D eigenvalue weighted by Crippen LogP contribution is -2.17. The zero-order valence-corrected chi connectivity index (χ0v) is 8.26. The van der Waals surface area contributed by atoms with Crippen molar-refractivity contribution in [3.05, 3.63) is 0 Å². The van der Waals surface area contributed by atoms with E-state index in [2.05, 4.69) is 37.9 Å². The summed E-state index contributed by atoms with van der Waals surface area (Å²) in [5.41, 5.74) is 1.15. The molecule has 1 spiro atoms. The Morgan fingerprint density at radius 2 is 1.75 bits per heavy atom. The largest absolute Gasteiger partial charge is 0.189 e. The van der Waals surface area contributed by atoms with Gasteiger partial charge in [-0.1, -0.05) is 27.7 Å². The van der Waals surface area contributed by atoms with Gasteiger partial charge in [0.15, 0.2) is 0 Å². The molecule has 0 radical (unpaired) electrons. The van der Waals surface area contributed by atoms with Gasteiger partial charge in [-0.05, 0) is 17.3 Å². The van der Waals surface area contributed by atoms with Crippen LogP contribution in [0.15, 0.2) is 10.2 Å². The third-order valence-electron chi connectivity index (χ3n) is 4.40. The fraction of sp³-hybridized carbons (Fsp3) is 1.00. The van der Waals surface area contributed by atoms with Gasteiger partial charge < -0.3 is 0 Å². The van der Waals surface area contributed by atoms with Gasteiger partial charge >= 0.3 is 0 Å². The number of hydrogen-bond acceptors (Lipinski definition) is 2. The Morgan fingerprint density at radius 1 is 1.17 bits per heavy atom. The highest BCUT2D eigenvalue weighted by Crippen LogP contribution is 2.78. The second kappa shape index (κ2) is 1.38. The maximum absolute atomic E-state index is 4.48. The van der Waals surface area contributed by atoms with Gasteiger partial charge in [0.25, 0.3) is 0 Å². The van der Waals surface area contributed by atoms with Gasteiger partial charge in [0.05, 0.1) is 11.6 Å². The first-order valence-electron chi connectivity index (χ1n) is 4.84. The summed E-state index contributed by atoms with van der Waals surface area (Å²) in [7, 11) is 0. The molecule has 1 heterocycles. The predicted molar refractivity (Wildman–Crippen MR) is 47.0 cm³/mol. The molecule has 66 valence electrons. The third-order valence-corrected chi connectivity index (χ3v) is 4.40. The Balaban J connectivity index is 2.00. The minimum Gasteiger partial charge on any atom is -0.189 e. The number of nitrogens with zero attached hydrogens (tertiary/aromatic N) is 2. The monoisotopic (exact) mass is 164 g/mol. The van der Waals surface area contributed by atoms with Crippen LogP contribution >= 0.6 is 0 Å². The van der Waals surface area contributed by atoms with Crippen molar-refractivity contribution in [3.8, 4) is 0 Å². The van der Waals surface area contributed by atoms with E-state index in [9.17, 15) is 0 Å². The molecular formula is C10H16N2. The molecule has 3 rings (SSSR count). The molecule has 2 heteroatoms. The van der Waals surface area contributed by atoms with Gasteiger partial charge in [0.2, 0.25) is 0 Å². The Labute approximate surface area is 73.5 Å². The van der Waals surface area contributed by atoms with Gasteiger partial charge in [-0.3, -0.25) is 0 Å². The van der Waals surface area contributed by atoms with Crippen molar-refractivity contribution in [1.29, 1.82) is 0 Å². The molecule has 0 saturated heterocycles. The van der Waals surface area contributed by atoms with E-state index in [4.69, 9.17) is 0 Å². The van der Waals surface area contributed by atoms with E-state index in [-0.39, 0.29) is 5.54 Å². The van der Waals surface area contributed by atoms with Crippen LogP contribution in [0.25, 0.3) is 0 Å². The molecule has 0 N–H and O–H groups in total. The molecule has 3 atom stereocenters. The molecule has 2 fully saturated rings. The SMILES string of the molecule is CC1(C)[C@H]2[C@@H]1N=N[C@@]21CC1(C)C. The molecule has 2 saturated carbocycles. The molecule has 2 nitrogen and oxygen atoms in total. The highest BCUT2D eigenvalue weighted by atomic mass is 15.3. The first kappa shape index (κ1) is 7.05. The van der Waals surface area contributed by atoms with Crippen LogP contribution < -0.4 is 0 Å². The first-order chi connectivity index (χ1) is 5.42. The summed E-state index contributed by atoms with van der Waals surface area (Å²) in [5, 5.41) is 8.88. The van der Waals surface area contributed by atoms with Gasteiger partial charge in [-0.15, -0.1) is 0 Å². The van der Waals surface area contributed by atoms with E-state index in [1.54, 1.807) is 0 Å². The molecule has 2 aliphatic carbocycles. The normalized spacial score (nSPS) is 55.7. The van der Waals surface area contributed by atoms with Gasteiger partial charge in [-0.2, -0.15) is 10.2 Å². The predicted octanol–water partition coefficient (Wildman–Crippen LogP) is 2.65. The van der Waals surface area contributed by atoms with E-state index in [1.165, 1.54) is 6.42 Å². The summed E-state index contributed by atoms with van der Waals surface area (Å²) in [5.74, 6) is 0.764. The summed E-state index contributed by atoms with van der Waals surface area (Å²) < 4.78 is 0. The minimum atomic E-state index is 0.265. The van der Waals surface area contributed by atoms with Crippen molar-refractivity contribution < 1.29 is 0 Å². The number of hydrogen-bond donors (Lipinski definition) is 0. The van der Waals surface area contributed by atoms with Crippen molar-refractivity contribution in [1.82, 2.24) is 0 Å². The molecule has 0 bridgehead atoms. The van der Waals surface area contributed by atoms with E-state index in [0.717, 1.165) is 5.92 Å². The third kappa shape index (κ3) is 0.477. The van der Waals surface area contributed by atoms with E-state index in [0.29, 0.717) is 16.9 Å². The van der Waals surface area contributed by atoms with Crippen molar-refractivity contribution in [2.24, 2.45) is 27.0 Å². The Hall–Kier alpha value is -0.400. The fourth-order valence-electron chi connectivity index (χ4n) is 3.26. The highest BCUT2D eigenvalue weighted by molar-refractivity contribution is 5.35. The number of fused-ring (bicyclic) bond motifs is 2. The summed E-state index contributed by atoms with van der Waals surface area (Å²) in [6, 6.07) is 0.555. The summed E-state index contributed by atoms with van der Waals surface area (Å²) in [6.45, 7) is 9.30. The second-order valence-electron chi connectivity index (χ2n) is 5.94. The molecule has 0 unspecified atom stereocenters. The zero-order valence-electron chi connectivity index (χ0n) is 8.26. The number of rotatable bonds is 0. The lowest BCUT2D eigenvalue weighted by atomic mass is 9.95. The summed E-state index contributed by atoms with van der Waals surface area (Å²) in [4.78, 5) is 0. The Morgan fingerprint density at radius 3 is 2.00 bits per heavy atom. The highest BCUT2D eigenvalue weighted by Gasteiger charge is 2.81. The fourth-order valence-corrected chi connectivity index (χ4v) is 3.26. The minimum absolute atomic E-state index is 0.265.